The molecular formula is C36H44N4O4. The van der Waals surface area contributed by atoms with Crippen LogP contribution in [0.5, 0.6) is 0 Å². The van der Waals surface area contributed by atoms with Crippen molar-refractivity contribution in [3.8, 4) is 0 Å². The molecule has 3 aliphatic heterocycles. The van der Waals surface area contributed by atoms with Gasteiger partial charge in [-0.1, -0.05) is 42.0 Å². The number of aryl methyl sites for hydroxylation is 2. The van der Waals surface area contributed by atoms with Crippen molar-refractivity contribution in [2.75, 3.05) is 26.2 Å². The molecule has 1 N–H and O–H groups in total. The Balaban J connectivity index is 1.00. The van der Waals surface area contributed by atoms with E-state index in [2.05, 4.69) is 46.1 Å². The first-order chi connectivity index (χ1) is 21.4. The zero-order chi connectivity index (χ0) is 30.6. The predicted octanol–water partition coefficient (Wildman–Crippen LogP) is 6.13. The number of amides is 1. The minimum Gasteiger partial charge on any atom is -0.478 e. The number of carboxylic acids is 1. The van der Waals surface area contributed by atoms with Crippen LogP contribution in [0.4, 0.5) is 0 Å². The van der Waals surface area contributed by atoms with Gasteiger partial charge < -0.3 is 14.7 Å². The van der Waals surface area contributed by atoms with Gasteiger partial charge in [0.1, 0.15) is 12.0 Å². The number of carbonyl (C=O) groups excluding carboxylic acids is 1. The summed E-state index contributed by atoms with van der Waals surface area (Å²) in [5.41, 5.74) is 6.42. The molecule has 4 heterocycles. The van der Waals surface area contributed by atoms with Crippen molar-refractivity contribution in [3.63, 3.8) is 0 Å². The lowest BCUT2D eigenvalue weighted by molar-refractivity contribution is -0.0547. The van der Waals surface area contributed by atoms with Gasteiger partial charge in [-0.2, -0.15) is 0 Å². The Bertz CT molecular complexity index is 1450. The van der Waals surface area contributed by atoms with Gasteiger partial charge in [-0.25, -0.2) is 14.8 Å². The fraction of sp³-hybridized carbons (Fsp3) is 0.500. The number of piperidine rings is 1. The summed E-state index contributed by atoms with van der Waals surface area (Å²) in [6.45, 7) is 7.57. The van der Waals surface area contributed by atoms with Crippen LogP contribution in [0.2, 0.25) is 0 Å². The fourth-order valence-electron chi connectivity index (χ4n) is 7.26. The van der Waals surface area contributed by atoms with Crippen LogP contribution in [0, 0.1) is 13.8 Å². The summed E-state index contributed by atoms with van der Waals surface area (Å²) in [7, 11) is 0. The number of benzene rings is 2. The molecule has 1 amide bonds. The molecule has 1 aromatic heterocycles. The number of aromatic carboxylic acids is 1. The van der Waals surface area contributed by atoms with Gasteiger partial charge in [0.2, 0.25) is 0 Å². The van der Waals surface area contributed by atoms with E-state index in [0.717, 1.165) is 88.8 Å². The largest absolute Gasteiger partial charge is 0.478 e. The first-order valence-corrected chi connectivity index (χ1v) is 16.2. The van der Waals surface area contributed by atoms with E-state index < -0.39 is 5.97 Å². The molecule has 6 rings (SSSR count). The average Bonchev–Trinajstić information content (AvgIpc) is 3.55. The number of hydrogen-bond donors (Lipinski definition) is 1. The van der Waals surface area contributed by atoms with Crippen LogP contribution in [0.15, 0.2) is 54.9 Å². The van der Waals surface area contributed by atoms with Crippen LogP contribution in [0.1, 0.15) is 106 Å². The Labute approximate surface area is 260 Å². The molecule has 3 aromatic rings. The Hall–Kier alpha value is -3.62. The van der Waals surface area contributed by atoms with Crippen molar-refractivity contribution in [2.24, 2.45) is 0 Å². The number of carbonyl (C=O) groups is 2. The molecule has 3 aliphatic rings. The summed E-state index contributed by atoms with van der Waals surface area (Å²) in [4.78, 5) is 38.3. The van der Waals surface area contributed by atoms with Gasteiger partial charge in [0.05, 0.1) is 17.8 Å². The molecule has 44 heavy (non-hydrogen) atoms. The fourth-order valence-corrected chi connectivity index (χ4v) is 7.26. The van der Waals surface area contributed by atoms with Gasteiger partial charge in [0, 0.05) is 36.9 Å². The number of hydrogen-bond acceptors (Lipinski definition) is 6. The van der Waals surface area contributed by atoms with E-state index in [4.69, 9.17) is 4.74 Å². The highest BCUT2D eigenvalue weighted by atomic mass is 16.5. The first kappa shape index (κ1) is 30.4. The smallest absolute Gasteiger partial charge is 0.335 e. The van der Waals surface area contributed by atoms with Crippen LogP contribution in [-0.2, 0) is 11.2 Å². The van der Waals surface area contributed by atoms with E-state index in [9.17, 15) is 14.7 Å². The van der Waals surface area contributed by atoms with Crippen molar-refractivity contribution in [3.05, 3.63) is 94.1 Å². The Morgan fingerprint density at radius 3 is 2.34 bits per heavy atom. The molecule has 2 aromatic carbocycles. The average molecular weight is 597 g/mol. The summed E-state index contributed by atoms with van der Waals surface area (Å²) in [6, 6.07) is 16.5. The number of likely N-dealkylation sites (tertiary alicyclic amines) is 2. The summed E-state index contributed by atoms with van der Waals surface area (Å²) < 4.78 is 6.50. The highest BCUT2D eigenvalue weighted by molar-refractivity contribution is 5.93. The van der Waals surface area contributed by atoms with E-state index in [0.29, 0.717) is 23.2 Å². The molecule has 3 fully saturated rings. The molecule has 0 radical (unpaired) electrons. The Morgan fingerprint density at radius 2 is 1.61 bits per heavy atom. The Kier molecular flexibility index (Phi) is 9.38. The van der Waals surface area contributed by atoms with E-state index in [1.165, 1.54) is 16.7 Å². The van der Waals surface area contributed by atoms with Crippen molar-refractivity contribution in [1.82, 2.24) is 19.8 Å². The lowest BCUT2D eigenvalue weighted by Gasteiger charge is -2.37. The van der Waals surface area contributed by atoms with Gasteiger partial charge in [-0.05, 0) is 101 Å². The number of carboxylic acid groups (broad SMARTS) is 1. The van der Waals surface area contributed by atoms with E-state index in [-0.39, 0.29) is 18.1 Å². The molecule has 0 spiro atoms. The highest BCUT2D eigenvalue weighted by Gasteiger charge is 2.33. The number of ether oxygens (including phenoxy) is 1. The quantitative estimate of drug-likeness (QED) is 0.334. The van der Waals surface area contributed by atoms with Crippen molar-refractivity contribution < 1.29 is 19.4 Å². The molecule has 3 saturated heterocycles. The van der Waals surface area contributed by atoms with Gasteiger partial charge in [0.25, 0.3) is 5.91 Å². The molecule has 8 heteroatoms. The van der Waals surface area contributed by atoms with E-state index in [1.807, 2.05) is 24.0 Å². The number of nitrogens with zero attached hydrogens (tertiary/aromatic N) is 4. The predicted molar refractivity (Wildman–Crippen MR) is 169 cm³/mol. The monoisotopic (exact) mass is 596 g/mol. The molecule has 8 nitrogen and oxygen atoms in total. The van der Waals surface area contributed by atoms with Crippen molar-refractivity contribution in [1.29, 1.82) is 0 Å². The Morgan fingerprint density at radius 1 is 0.886 bits per heavy atom. The minimum absolute atomic E-state index is 0.00997. The maximum atomic E-state index is 13.6. The SMILES string of the molecule is Cc1ccc(C2CCC[C@H](CCc3ncnc(C(=O)N4CCC(N5CCC(c6ccc(C(=O)O)cc6)C5)CC4)c3C)O2)cc1. The van der Waals surface area contributed by atoms with Gasteiger partial charge in [-0.3, -0.25) is 9.69 Å². The van der Waals surface area contributed by atoms with E-state index >= 15 is 0 Å². The second-order valence-electron chi connectivity index (χ2n) is 12.9. The van der Waals surface area contributed by atoms with Crippen LogP contribution in [0.3, 0.4) is 0 Å². The number of rotatable bonds is 8. The van der Waals surface area contributed by atoms with E-state index in [1.54, 1.807) is 18.5 Å². The molecule has 0 saturated carbocycles. The van der Waals surface area contributed by atoms with Crippen LogP contribution in [-0.4, -0.2) is 75.1 Å². The molecule has 0 aliphatic carbocycles. The van der Waals surface area contributed by atoms with Crippen LogP contribution in [0.25, 0.3) is 0 Å². The molecule has 232 valence electrons. The maximum Gasteiger partial charge on any atom is 0.335 e. The van der Waals surface area contributed by atoms with Gasteiger partial charge in [-0.15, -0.1) is 0 Å². The second-order valence-corrected chi connectivity index (χ2v) is 12.9. The standard InChI is InChI=1S/C36H44N4O4/c1-24-6-8-27(9-7-24)33-5-3-4-31(44-33)14-15-32-25(2)34(38-23-37-32)35(41)39-20-17-30(18-21-39)40-19-16-29(22-40)26-10-12-28(13-11-26)36(42)43/h6-13,23,29-31,33H,3-5,14-22H2,1-2H3,(H,42,43)/t29?,31-,33?/m1/s1. The molecule has 2 unspecified atom stereocenters. The van der Waals surface area contributed by atoms with Crippen LogP contribution < -0.4 is 0 Å². The zero-order valence-electron chi connectivity index (χ0n) is 26.0. The van der Waals surface area contributed by atoms with Crippen molar-refractivity contribution in [2.45, 2.75) is 89.4 Å². The third-order valence-corrected chi connectivity index (χ3v) is 10.0. The normalized spacial score (nSPS) is 23.1. The summed E-state index contributed by atoms with van der Waals surface area (Å²) >= 11 is 0. The van der Waals surface area contributed by atoms with Crippen molar-refractivity contribution >= 4 is 11.9 Å². The zero-order valence-corrected chi connectivity index (χ0v) is 26.0. The summed E-state index contributed by atoms with van der Waals surface area (Å²) in [5.74, 6) is -0.455. The first-order valence-electron chi connectivity index (χ1n) is 16.2. The molecule has 3 atom stereocenters. The molecular weight excluding hydrogens is 552 g/mol. The second kappa shape index (κ2) is 13.6. The third-order valence-electron chi connectivity index (χ3n) is 10.0. The number of aromatic nitrogens is 2. The third kappa shape index (κ3) is 6.87. The molecule has 0 bridgehead atoms. The van der Waals surface area contributed by atoms with Crippen LogP contribution >= 0.6 is 0 Å². The summed E-state index contributed by atoms with van der Waals surface area (Å²) in [5, 5.41) is 9.19. The van der Waals surface area contributed by atoms with Gasteiger partial charge >= 0.3 is 5.97 Å². The maximum absolute atomic E-state index is 13.6. The highest BCUT2D eigenvalue weighted by Crippen LogP contribution is 2.34. The minimum atomic E-state index is -0.888. The van der Waals surface area contributed by atoms with Gasteiger partial charge in [0.15, 0.2) is 0 Å². The topological polar surface area (TPSA) is 95.9 Å². The lowest BCUT2D eigenvalue weighted by Crippen LogP contribution is -2.46. The summed E-state index contributed by atoms with van der Waals surface area (Å²) in [6.07, 6.45) is 9.81. The lowest BCUT2D eigenvalue weighted by atomic mass is 9.95.